The quantitative estimate of drug-likeness (QED) is 0.612. The van der Waals surface area contributed by atoms with Gasteiger partial charge in [0.05, 0.1) is 12.0 Å². The van der Waals surface area contributed by atoms with Crippen molar-refractivity contribution < 1.29 is 4.79 Å². The molecule has 1 N–H and O–H groups in total. The average molecular weight is 219 g/mol. The Morgan fingerprint density at radius 3 is 2.73 bits per heavy atom. The minimum Gasteiger partial charge on any atom is -0.303 e. The maximum atomic E-state index is 11.0. The Labute approximate surface area is 93.9 Å². The molecule has 0 spiro atoms. The van der Waals surface area contributed by atoms with Gasteiger partial charge >= 0.3 is 0 Å². The van der Waals surface area contributed by atoms with Gasteiger partial charge in [0.1, 0.15) is 6.29 Å². The number of benzene rings is 1. The fourth-order valence-electron chi connectivity index (χ4n) is 1.70. The first-order chi connectivity index (χ1) is 7.31. The van der Waals surface area contributed by atoms with Gasteiger partial charge in [-0.15, -0.1) is 0 Å². The molecule has 2 unspecified atom stereocenters. The Balaban J connectivity index is 2.27. The Morgan fingerprint density at radius 1 is 1.33 bits per heavy atom. The lowest BCUT2D eigenvalue weighted by molar-refractivity contribution is -0.110. The van der Waals surface area contributed by atoms with Crippen molar-refractivity contribution in [3.05, 3.63) is 46.9 Å². The summed E-state index contributed by atoms with van der Waals surface area (Å²) in [5.41, 5.74) is 1.16. The molecule has 1 heterocycles. The highest BCUT2D eigenvalue weighted by atomic mass is 32.2. The molecule has 0 aliphatic carbocycles. The summed E-state index contributed by atoms with van der Waals surface area (Å²) in [5, 5.41) is 0. The molecule has 0 aromatic heterocycles. The number of hydrogen-bond donors (Lipinski definition) is 1. The fraction of sp³-hybridized carbons (Fsp3) is 0.250. The van der Waals surface area contributed by atoms with Crippen molar-refractivity contribution in [1.82, 2.24) is 4.72 Å². The van der Waals surface area contributed by atoms with Crippen molar-refractivity contribution in [3.63, 3.8) is 0 Å². The third-order valence-electron chi connectivity index (χ3n) is 2.47. The molecule has 0 amide bonds. The van der Waals surface area contributed by atoms with Crippen LogP contribution in [-0.4, -0.2) is 6.29 Å². The zero-order valence-corrected chi connectivity index (χ0v) is 9.33. The Bertz CT molecular complexity index is 374. The molecular weight excluding hydrogens is 206 g/mol. The average Bonchev–Trinajstić information content (AvgIpc) is 2.30. The lowest BCUT2D eigenvalue weighted by Gasteiger charge is -2.26. The summed E-state index contributed by atoms with van der Waals surface area (Å²) in [5.74, 6) is -0.0614. The largest absolute Gasteiger partial charge is 0.303 e. The van der Waals surface area contributed by atoms with E-state index in [0.29, 0.717) is 0 Å². The van der Waals surface area contributed by atoms with Gasteiger partial charge in [-0.3, -0.25) is 4.72 Å². The van der Waals surface area contributed by atoms with Crippen LogP contribution in [0, 0.1) is 5.92 Å². The van der Waals surface area contributed by atoms with Crippen LogP contribution in [0.1, 0.15) is 18.5 Å². The second-order valence-electron chi connectivity index (χ2n) is 3.60. The van der Waals surface area contributed by atoms with E-state index >= 15 is 0 Å². The van der Waals surface area contributed by atoms with Crippen molar-refractivity contribution in [3.8, 4) is 0 Å². The lowest BCUT2D eigenvalue weighted by Crippen LogP contribution is -2.26. The zero-order chi connectivity index (χ0) is 10.7. The number of nitrogens with one attached hydrogen (secondary N) is 1. The van der Waals surface area contributed by atoms with Gasteiger partial charge in [0.25, 0.3) is 0 Å². The monoisotopic (exact) mass is 219 g/mol. The van der Waals surface area contributed by atoms with Gasteiger partial charge in [-0.2, -0.15) is 0 Å². The second-order valence-corrected chi connectivity index (χ2v) is 4.68. The fourth-order valence-corrected chi connectivity index (χ4v) is 2.54. The molecule has 1 aromatic rings. The van der Waals surface area contributed by atoms with Crippen LogP contribution in [-0.2, 0) is 4.79 Å². The maximum Gasteiger partial charge on any atom is 0.128 e. The van der Waals surface area contributed by atoms with Gasteiger partial charge in [-0.25, -0.2) is 0 Å². The predicted octanol–water partition coefficient (Wildman–Crippen LogP) is 2.70. The van der Waals surface area contributed by atoms with Crippen molar-refractivity contribution in [1.29, 1.82) is 0 Å². The van der Waals surface area contributed by atoms with Crippen LogP contribution >= 0.6 is 11.9 Å². The number of rotatable bonds is 2. The van der Waals surface area contributed by atoms with Crippen LogP contribution in [0.3, 0.4) is 0 Å². The van der Waals surface area contributed by atoms with Crippen LogP contribution in [0.5, 0.6) is 0 Å². The van der Waals surface area contributed by atoms with Gasteiger partial charge in [0.15, 0.2) is 0 Å². The predicted molar refractivity (Wildman–Crippen MR) is 63.2 cm³/mol. The van der Waals surface area contributed by atoms with E-state index in [1.807, 2.05) is 43.3 Å². The lowest BCUT2D eigenvalue weighted by atomic mass is 9.94. The Morgan fingerprint density at radius 2 is 2.07 bits per heavy atom. The summed E-state index contributed by atoms with van der Waals surface area (Å²) in [4.78, 5) is 12.1. The van der Waals surface area contributed by atoms with E-state index in [9.17, 15) is 4.79 Å². The summed E-state index contributed by atoms with van der Waals surface area (Å²) in [6.45, 7) is 2.01. The highest BCUT2D eigenvalue weighted by Gasteiger charge is 2.24. The maximum absolute atomic E-state index is 11.0. The molecule has 2 rings (SSSR count). The van der Waals surface area contributed by atoms with E-state index in [-0.39, 0.29) is 12.0 Å². The third kappa shape index (κ3) is 2.30. The van der Waals surface area contributed by atoms with Crippen molar-refractivity contribution >= 4 is 18.2 Å². The minimum absolute atomic E-state index is 0.0614. The van der Waals surface area contributed by atoms with Crippen molar-refractivity contribution in [2.45, 2.75) is 13.0 Å². The van der Waals surface area contributed by atoms with Gasteiger partial charge in [0, 0.05) is 0 Å². The zero-order valence-electron chi connectivity index (χ0n) is 8.51. The van der Waals surface area contributed by atoms with E-state index in [1.54, 1.807) is 11.9 Å². The highest BCUT2D eigenvalue weighted by molar-refractivity contribution is 8.01. The minimum atomic E-state index is -0.0614. The van der Waals surface area contributed by atoms with E-state index in [1.165, 1.54) is 0 Å². The smallest absolute Gasteiger partial charge is 0.128 e. The first-order valence-corrected chi connectivity index (χ1v) is 5.74. The first kappa shape index (κ1) is 10.5. The summed E-state index contributed by atoms with van der Waals surface area (Å²) >= 11 is 1.59. The molecule has 2 nitrogen and oxygen atoms in total. The van der Waals surface area contributed by atoms with Crippen LogP contribution < -0.4 is 4.72 Å². The van der Waals surface area contributed by atoms with Crippen LogP contribution in [0.15, 0.2) is 41.3 Å². The third-order valence-corrected chi connectivity index (χ3v) is 3.30. The van der Waals surface area contributed by atoms with Crippen molar-refractivity contribution in [2.75, 3.05) is 0 Å². The van der Waals surface area contributed by atoms with Gasteiger partial charge < -0.3 is 4.79 Å². The highest BCUT2D eigenvalue weighted by Crippen LogP contribution is 2.32. The molecule has 1 aliphatic heterocycles. The molecule has 1 aromatic carbocycles. The van der Waals surface area contributed by atoms with Gasteiger partial charge in [-0.1, -0.05) is 36.4 Å². The molecular formula is C12H13NOS. The summed E-state index contributed by atoms with van der Waals surface area (Å²) in [6.07, 6.45) is 3.03. The number of aldehydes is 1. The molecule has 1 aliphatic rings. The molecule has 78 valence electrons. The number of hydrogen-bond acceptors (Lipinski definition) is 3. The standard InChI is InChI=1S/C12H13NOS/c1-9-7-11(8-14)12(13-15-9)10-5-3-2-4-6-10/h2-8,11-13H,1H3. The molecule has 0 saturated carbocycles. The van der Waals surface area contributed by atoms with E-state index in [2.05, 4.69) is 4.72 Å². The van der Waals surface area contributed by atoms with Crippen LogP contribution in [0.2, 0.25) is 0 Å². The number of carbonyl (C=O) groups is 1. The molecule has 3 heteroatoms. The number of allylic oxidation sites excluding steroid dienone is 1. The summed E-state index contributed by atoms with van der Waals surface area (Å²) < 4.78 is 3.30. The molecule has 0 bridgehead atoms. The van der Waals surface area contributed by atoms with E-state index < -0.39 is 0 Å². The summed E-state index contributed by atoms with van der Waals surface area (Å²) in [6, 6.07) is 10.2. The summed E-state index contributed by atoms with van der Waals surface area (Å²) in [7, 11) is 0. The van der Waals surface area contributed by atoms with Crippen LogP contribution in [0.4, 0.5) is 0 Å². The topological polar surface area (TPSA) is 29.1 Å². The van der Waals surface area contributed by atoms with Gasteiger partial charge in [-0.05, 0) is 29.3 Å². The molecule has 15 heavy (non-hydrogen) atoms. The molecule has 0 fully saturated rings. The SMILES string of the molecule is CC1=CC(C=O)C(c2ccccc2)NS1. The van der Waals surface area contributed by atoms with E-state index in [0.717, 1.165) is 16.8 Å². The number of carbonyl (C=O) groups excluding carboxylic acids is 1. The second kappa shape index (κ2) is 4.64. The van der Waals surface area contributed by atoms with Crippen molar-refractivity contribution in [2.24, 2.45) is 5.92 Å². The normalized spacial score (nSPS) is 25.8. The van der Waals surface area contributed by atoms with E-state index in [4.69, 9.17) is 0 Å². The molecule has 2 atom stereocenters. The Hall–Kier alpha value is -1.06. The van der Waals surface area contributed by atoms with Crippen LogP contribution in [0.25, 0.3) is 0 Å². The Kier molecular flexibility index (Phi) is 3.23. The first-order valence-electron chi connectivity index (χ1n) is 4.92. The molecule has 0 radical (unpaired) electrons. The van der Waals surface area contributed by atoms with Gasteiger partial charge in [0.2, 0.25) is 0 Å². The molecule has 0 saturated heterocycles.